The van der Waals surface area contributed by atoms with E-state index in [1.54, 1.807) is 6.21 Å². The molecule has 0 bridgehead atoms. The average molecular weight is 496 g/mol. The van der Waals surface area contributed by atoms with Gasteiger partial charge in [0.2, 0.25) is 0 Å². The third-order valence-electron chi connectivity index (χ3n) is 5.41. The minimum atomic E-state index is -0.303. The van der Waals surface area contributed by atoms with Crippen LogP contribution in [0.5, 0.6) is 11.5 Å². The van der Waals surface area contributed by atoms with Crippen LogP contribution in [0.1, 0.15) is 34.0 Å². The van der Waals surface area contributed by atoms with Gasteiger partial charge in [0, 0.05) is 34.1 Å². The van der Waals surface area contributed by atoms with Gasteiger partial charge in [0.15, 0.2) is 6.61 Å². The highest BCUT2D eigenvalue weighted by molar-refractivity contribution is 8.19. The van der Waals surface area contributed by atoms with Crippen LogP contribution in [-0.2, 0) is 4.79 Å². The Morgan fingerprint density at radius 1 is 1.06 bits per heavy atom. The number of hydrogen-bond donors (Lipinski definition) is 1. The molecule has 1 aliphatic heterocycles. The summed E-state index contributed by atoms with van der Waals surface area (Å²) >= 11 is 3.93. The van der Waals surface area contributed by atoms with Crippen molar-refractivity contribution in [2.75, 3.05) is 24.7 Å². The zero-order valence-corrected chi connectivity index (χ0v) is 21.2. The van der Waals surface area contributed by atoms with Crippen molar-refractivity contribution in [3.8, 4) is 17.2 Å². The predicted molar refractivity (Wildman–Crippen MR) is 142 cm³/mol. The molecule has 1 N–H and O–H groups in total. The number of aryl methyl sites for hydroxylation is 1. The fourth-order valence-corrected chi connectivity index (χ4v) is 6.66. The van der Waals surface area contributed by atoms with E-state index in [4.69, 9.17) is 9.47 Å². The molecule has 1 fully saturated rings. The molecule has 2 aromatic carbocycles. The van der Waals surface area contributed by atoms with Crippen LogP contribution in [0.25, 0.3) is 5.69 Å². The Morgan fingerprint density at radius 3 is 2.38 bits per heavy atom. The van der Waals surface area contributed by atoms with E-state index in [-0.39, 0.29) is 12.5 Å². The lowest BCUT2D eigenvalue weighted by molar-refractivity contribution is -0.123. The van der Waals surface area contributed by atoms with Gasteiger partial charge in [-0.2, -0.15) is 5.10 Å². The number of ether oxygens (including phenoxy) is 2. The number of thioether (sulfide) groups is 2. The SMILES string of the molecule is CCOc1ccc(-n2c(C)cc(/C=N\NC(=O)COc3ccc(C4SCCS4)cc3)c2C)cc1. The van der Waals surface area contributed by atoms with Crippen molar-refractivity contribution in [2.24, 2.45) is 5.10 Å². The molecular weight excluding hydrogens is 466 g/mol. The number of hydrazone groups is 1. The topological polar surface area (TPSA) is 64.8 Å². The highest BCUT2D eigenvalue weighted by Gasteiger charge is 2.18. The summed E-state index contributed by atoms with van der Waals surface area (Å²) in [6, 6.07) is 18.0. The van der Waals surface area contributed by atoms with Gasteiger partial charge in [-0.05, 0) is 68.8 Å². The van der Waals surface area contributed by atoms with Crippen LogP contribution < -0.4 is 14.9 Å². The van der Waals surface area contributed by atoms with Crippen LogP contribution in [-0.4, -0.2) is 41.4 Å². The largest absolute Gasteiger partial charge is 0.494 e. The van der Waals surface area contributed by atoms with E-state index in [9.17, 15) is 4.79 Å². The van der Waals surface area contributed by atoms with Crippen molar-refractivity contribution in [3.63, 3.8) is 0 Å². The van der Waals surface area contributed by atoms with E-state index in [0.717, 1.165) is 28.4 Å². The van der Waals surface area contributed by atoms with E-state index < -0.39 is 0 Å². The molecule has 1 amide bonds. The molecular formula is C26H29N3O3S2. The molecule has 0 atom stereocenters. The first-order valence-electron chi connectivity index (χ1n) is 11.2. The first kappa shape index (κ1) is 24.3. The molecule has 0 aliphatic carbocycles. The summed E-state index contributed by atoms with van der Waals surface area (Å²) in [6.45, 7) is 6.60. The van der Waals surface area contributed by atoms with E-state index in [1.165, 1.54) is 17.1 Å². The fourth-order valence-electron chi connectivity index (χ4n) is 3.80. The summed E-state index contributed by atoms with van der Waals surface area (Å²) in [4.78, 5) is 12.2. The van der Waals surface area contributed by atoms with Gasteiger partial charge in [0.1, 0.15) is 11.5 Å². The second-order valence-electron chi connectivity index (χ2n) is 7.81. The van der Waals surface area contributed by atoms with Gasteiger partial charge < -0.3 is 14.0 Å². The molecule has 0 radical (unpaired) electrons. The van der Waals surface area contributed by atoms with Gasteiger partial charge in [-0.3, -0.25) is 4.79 Å². The van der Waals surface area contributed by atoms with Crippen LogP contribution >= 0.6 is 23.5 Å². The van der Waals surface area contributed by atoms with Gasteiger partial charge in [-0.1, -0.05) is 12.1 Å². The van der Waals surface area contributed by atoms with Crippen LogP contribution in [0.2, 0.25) is 0 Å². The van der Waals surface area contributed by atoms with E-state index in [2.05, 4.69) is 27.2 Å². The Morgan fingerprint density at radius 2 is 1.71 bits per heavy atom. The number of carbonyl (C=O) groups excluding carboxylic acids is 1. The Labute approximate surface area is 209 Å². The van der Waals surface area contributed by atoms with Crippen LogP contribution in [0.15, 0.2) is 59.7 Å². The lowest BCUT2D eigenvalue weighted by Crippen LogP contribution is -2.24. The molecule has 1 aromatic heterocycles. The summed E-state index contributed by atoms with van der Waals surface area (Å²) < 4.78 is 13.8. The Kier molecular flexibility index (Phi) is 8.24. The summed E-state index contributed by atoms with van der Waals surface area (Å²) in [5, 5.41) is 4.12. The zero-order chi connectivity index (χ0) is 23.9. The van der Waals surface area contributed by atoms with Crippen molar-refractivity contribution in [1.29, 1.82) is 0 Å². The zero-order valence-electron chi connectivity index (χ0n) is 19.6. The highest BCUT2D eigenvalue weighted by Crippen LogP contribution is 2.45. The van der Waals surface area contributed by atoms with Crippen molar-refractivity contribution in [2.45, 2.75) is 25.4 Å². The van der Waals surface area contributed by atoms with E-state index >= 15 is 0 Å². The second kappa shape index (κ2) is 11.5. The maximum Gasteiger partial charge on any atom is 0.277 e. The number of amides is 1. The first-order chi connectivity index (χ1) is 16.5. The molecule has 0 unspecified atom stereocenters. The lowest BCUT2D eigenvalue weighted by Gasteiger charge is -2.11. The Hall–Kier alpha value is -2.84. The summed E-state index contributed by atoms with van der Waals surface area (Å²) in [5.41, 5.74) is 7.94. The number of benzene rings is 2. The third kappa shape index (κ3) is 5.98. The molecule has 3 aromatic rings. The van der Waals surface area contributed by atoms with Crippen LogP contribution in [0, 0.1) is 13.8 Å². The molecule has 34 heavy (non-hydrogen) atoms. The minimum Gasteiger partial charge on any atom is -0.494 e. The number of rotatable bonds is 9. The van der Waals surface area contributed by atoms with Gasteiger partial charge >= 0.3 is 0 Å². The molecule has 1 aliphatic rings. The van der Waals surface area contributed by atoms with Gasteiger partial charge in [0.25, 0.3) is 5.91 Å². The monoisotopic (exact) mass is 495 g/mol. The summed E-state index contributed by atoms with van der Waals surface area (Å²) in [6.07, 6.45) is 1.66. The van der Waals surface area contributed by atoms with Crippen molar-refractivity contribution in [3.05, 3.63) is 77.1 Å². The molecule has 4 rings (SSSR count). The van der Waals surface area contributed by atoms with Crippen LogP contribution in [0.3, 0.4) is 0 Å². The number of nitrogens with zero attached hydrogens (tertiary/aromatic N) is 2. The smallest absolute Gasteiger partial charge is 0.277 e. The number of nitrogens with one attached hydrogen (secondary N) is 1. The molecule has 0 saturated carbocycles. The minimum absolute atomic E-state index is 0.0885. The lowest BCUT2D eigenvalue weighted by atomic mass is 10.2. The third-order valence-corrected chi connectivity index (χ3v) is 8.52. The standard InChI is InChI=1S/C26H29N3O3S2/c1-4-31-23-11-7-22(8-12-23)29-18(2)15-21(19(29)3)16-27-28-25(30)17-32-24-9-5-20(6-10-24)26-33-13-14-34-26/h5-12,15-16,26H,4,13-14,17H2,1-3H3,(H,28,30)/b27-16-. The fraction of sp³-hybridized carbons (Fsp3) is 0.308. The second-order valence-corrected chi connectivity index (χ2v) is 10.5. The molecule has 8 heteroatoms. The highest BCUT2D eigenvalue weighted by atomic mass is 32.2. The number of carbonyl (C=O) groups is 1. The summed E-state index contributed by atoms with van der Waals surface area (Å²) in [7, 11) is 0. The molecule has 2 heterocycles. The van der Waals surface area contributed by atoms with Crippen molar-refractivity contribution in [1.82, 2.24) is 9.99 Å². The average Bonchev–Trinajstić information content (AvgIpc) is 3.47. The molecule has 6 nitrogen and oxygen atoms in total. The van der Waals surface area contributed by atoms with Gasteiger partial charge in [-0.15, -0.1) is 23.5 Å². The number of hydrogen-bond acceptors (Lipinski definition) is 6. The maximum atomic E-state index is 12.2. The first-order valence-corrected chi connectivity index (χ1v) is 13.3. The maximum absolute atomic E-state index is 12.2. The van der Waals surface area contributed by atoms with Crippen molar-refractivity contribution >= 4 is 35.6 Å². The number of aromatic nitrogens is 1. The quantitative estimate of drug-likeness (QED) is 0.314. The van der Waals surface area contributed by atoms with Crippen LogP contribution in [0.4, 0.5) is 0 Å². The van der Waals surface area contributed by atoms with E-state index in [0.29, 0.717) is 16.9 Å². The predicted octanol–water partition coefficient (Wildman–Crippen LogP) is 5.50. The van der Waals surface area contributed by atoms with Gasteiger partial charge in [0.05, 0.1) is 17.4 Å². The van der Waals surface area contributed by atoms with Gasteiger partial charge in [-0.25, -0.2) is 5.43 Å². The normalized spacial score (nSPS) is 14.0. The summed E-state index contributed by atoms with van der Waals surface area (Å²) in [5.74, 6) is 3.61. The molecule has 178 valence electrons. The molecule has 1 saturated heterocycles. The molecule has 0 spiro atoms. The Balaban J connectivity index is 1.30. The van der Waals surface area contributed by atoms with E-state index in [1.807, 2.05) is 86.8 Å². The Bertz CT molecular complexity index is 1140. The van der Waals surface area contributed by atoms with Crippen molar-refractivity contribution < 1.29 is 14.3 Å².